The molecule has 9 nitrogen and oxygen atoms in total. The first-order chi connectivity index (χ1) is 17.3. The summed E-state index contributed by atoms with van der Waals surface area (Å²) >= 11 is 0. The molecule has 0 radical (unpaired) electrons. The highest BCUT2D eigenvalue weighted by Gasteiger charge is 2.52. The van der Waals surface area contributed by atoms with Crippen molar-refractivity contribution in [3.63, 3.8) is 0 Å². The van der Waals surface area contributed by atoms with Gasteiger partial charge in [-0.15, -0.1) is 0 Å². The van der Waals surface area contributed by atoms with E-state index in [4.69, 9.17) is 4.98 Å². The number of hydrogen-bond donors (Lipinski definition) is 1. The minimum absolute atomic E-state index is 0.143. The van der Waals surface area contributed by atoms with Crippen LogP contribution in [0.15, 0.2) is 36.9 Å². The van der Waals surface area contributed by atoms with Crippen molar-refractivity contribution in [2.24, 2.45) is 0 Å². The van der Waals surface area contributed by atoms with Gasteiger partial charge in [0, 0.05) is 48.8 Å². The van der Waals surface area contributed by atoms with E-state index in [1.807, 2.05) is 30.5 Å². The number of imidazole rings is 1. The van der Waals surface area contributed by atoms with Gasteiger partial charge in [0.15, 0.2) is 5.65 Å². The Bertz CT molecular complexity index is 1490. The molecular weight excluding hydrogens is 466 g/mol. The number of anilines is 1. The molecule has 1 amide bonds. The zero-order valence-corrected chi connectivity index (χ0v) is 20.0. The largest absolute Gasteiger partial charge is 0.324 e. The molecule has 4 aromatic rings. The number of likely N-dealkylation sites (tertiary alicyclic amines) is 1. The third-order valence-electron chi connectivity index (χ3n) is 7.21. The lowest BCUT2D eigenvalue weighted by Gasteiger charge is -2.33. The van der Waals surface area contributed by atoms with Gasteiger partial charge >= 0.3 is 0 Å². The molecule has 36 heavy (non-hydrogen) atoms. The number of carbonyl (C=O) groups excluding carboxylic acids is 1. The first kappa shape index (κ1) is 22.6. The van der Waals surface area contributed by atoms with Gasteiger partial charge in [-0.25, -0.2) is 33.7 Å². The smallest absolute Gasteiger partial charge is 0.249 e. The number of rotatable bonds is 4. The highest BCUT2D eigenvalue weighted by Crippen LogP contribution is 2.44. The molecule has 3 unspecified atom stereocenters. The Kier molecular flexibility index (Phi) is 5.08. The summed E-state index contributed by atoms with van der Waals surface area (Å²) in [6, 6.07) is 5.50. The second-order valence-electron chi connectivity index (χ2n) is 9.32. The minimum atomic E-state index is -1.62. The molecule has 2 aliphatic heterocycles. The van der Waals surface area contributed by atoms with Crippen LogP contribution in [0.1, 0.15) is 25.2 Å². The Hall–Kier alpha value is -3.86. The Morgan fingerprint density at radius 2 is 1.81 bits per heavy atom. The SMILES string of the molecule is CCn1c(-c2cnc(C)nc2)nc2c(-c3ccc4c(c3)C(C)(N3CC(F)C(F)C3)C(=O)N4)ncnc21. The number of nitrogens with one attached hydrogen (secondary N) is 1. The second kappa shape index (κ2) is 8.09. The fourth-order valence-corrected chi connectivity index (χ4v) is 5.15. The molecule has 184 valence electrons. The zero-order chi connectivity index (χ0) is 25.2. The van der Waals surface area contributed by atoms with E-state index < -0.39 is 17.9 Å². The van der Waals surface area contributed by atoms with Crippen LogP contribution in [0.25, 0.3) is 33.8 Å². The van der Waals surface area contributed by atoms with Crippen LogP contribution < -0.4 is 5.32 Å². The highest BCUT2D eigenvalue weighted by atomic mass is 19.2. The van der Waals surface area contributed by atoms with Gasteiger partial charge in [0.05, 0.1) is 5.56 Å². The maximum Gasteiger partial charge on any atom is 0.249 e. The second-order valence-corrected chi connectivity index (χ2v) is 9.32. The monoisotopic (exact) mass is 490 g/mol. The Labute approximate surface area is 205 Å². The number of aryl methyl sites for hydroxylation is 2. The van der Waals surface area contributed by atoms with Gasteiger partial charge in [0.2, 0.25) is 5.91 Å². The molecule has 5 heterocycles. The number of carbonyl (C=O) groups is 1. The van der Waals surface area contributed by atoms with Gasteiger partial charge in [-0.3, -0.25) is 9.69 Å². The minimum Gasteiger partial charge on any atom is -0.324 e. The van der Waals surface area contributed by atoms with Gasteiger partial charge in [0.25, 0.3) is 0 Å². The van der Waals surface area contributed by atoms with E-state index in [0.29, 0.717) is 46.3 Å². The van der Waals surface area contributed by atoms with Crippen LogP contribution in [-0.4, -0.2) is 65.7 Å². The molecule has 6 rings (SSSR count). The van der Waals surface area contributed by atoms with Crippen molar-refractivity contribution < 1.29 is 13.6 Å². The summed E-state index contributed by atoms with van der Waals surface area (Å²) in [5.74, 6) is 1.04. The van der Waals surface area contributed by atoms with Gasteiger partial charge in [-0.05, 0) is 32.9 Å². The summed E-state index contributed by atoms with van der Waals surface area (Å²) in [5, 5.41) is 2.87. The van der Waals surface area contributed by atoms with E-state index in [9.17, 15) is 13.6 Å². The fraction of sp³-hybridized carbons (Fsp3) is 0.360. The summed E-state index contributed by atoms with van der Waals surface area (Å²) in [4.78, 5) is 37.1. The summed E-state index contributed by atoms with van der Waals surface area (Å²) in [6.45, 7) is 5.87. The first-order valence-corrected chi connectivity index (χ1v) is 11.8. The van der Waals surface area contributed by atoms with Crippen molar-refractivity contribution in [1.82, 2.24) is 34.4 Å². The maximum atomic E-state index is 14.1. The van der Waals surface area contributed by atoms with E-state index in [2.05, 4.69) is 25.3 Å². The number of fused-ring (bicyclic) bond motifs is 2. The number of alkyl halides is 2. The molecular formula is C25H24F2N8O. The van der Waals surface area contributed by atoms with Crippen LogP contribution in [0.4, 0.5) is 14.5 Å². The predicted molar refractivity (Wildman–Crippen MR) is 130 cm³/mol. The number of hydrogen-bond acceptors (Lipinski definition) is 7. The normalized spacial score (nSPS) is 23.9. The molecule has 2 aliphatic rings. The van der Waals surface area contributed by atoms with Gasteiger partial charge < -0.3 is 9.88 Å². The highest BCUT2D eigenvalue weighted by molar-refractivity contribution is 6.06. The number of benzene rings is 1. The molecule has 3 aromatic heterocycles. The van der Waals surface area contributed by atoms with E-state index in [1.165, 1.54) is 6.33 Å². The van der Waals surface area contributed by atoms with Gasteiger partial charge in [0.1, 0.15) is 47.1 Å². The average Bonchev–Trinajstić information content (AvgIpc) is 3.51. The lowest BCUT2D eigenvalue weighted by molar-refractivity contribution is -0.126. The lowest BCUT2D eigenvalue weighted by atomic mass is 9.90. The Morgan fingerprint density at radius 1 is 1.08 bits per heavy atom. The third-order valence-corrected chi connectivity index (χ3v) is 7.21. The molecule has 1 fully saturated rings. The molecule has 3 atom stereocenters. The first-order valence-electron chi connectivity index (χ1n) is 11.8. The van der Waals surface area contributed by atoms with E-state index in [-0.39, 0.29) is 19.0 Å². The summed E-state index contributed by atoms with van der Waals surface area (Å²) in [6.07, 6.45) is 1.70. The number of halogens is 2. The summed E-state index contributed by atoms with van der Waals surface area (Å²) in [5.41, 5.74) is 3.42. The Balaban J connectivity index is 1.49. The lowest BCUT2D eigenvalue weighted by Crippen LogP contribution is -2.48. The van der Waals surface area contributed by atoms with Crippen LogP contribution in [0.5, 0.6) is 0 Å². The fourth-order valence-electron chi connectivity index (χ4n) is 5.15. The van der Waals surface area contributed by atoms with Gasteiger partial charge in [-0.1, -0.05) is 6.07 Å². The number of nitrogens with zero attached hydrogens (tertiary/aromatic N) is 7. The standard InChI is InChI=1S/C25H24F2N8O/c1-4-35-22(15-8-28-13(2)29-9-15)33-21-20(30-12-31-23(21)35)14-5-6-19-16(7-14)25(3,24(36)32-19)34-10-17(26)18(27)11-34/h5-9,12,17-18H,4,10-11H2,1-3H3,(H,32,36). The summed E-state index contributed by atoms with van der Waals surface area (Å²) in [7, 11) is 0. The van der Waals surface area contributed by atoms with Crippen molar-refractivity contribution in [1.29, 1.82) is 0 Å². The van der Waals surface area contributed by atoms with E-state index in [1.54, 1.807) is 30.3 Å². The summed E-state index contributed by atoms with van der Waals surface area (Å²) < 4.78 is 30.1. The van der Waals surface area contributed by atoms with Crippen molar-refractivity contribution >= 4 is 22.8 Å². The maximum absolute atomic E-state index is 14.1. The predicted octanol–water partition coefficient (Wildman–Crippen LogP) is 3.44. The van der Waals surface area contributed by atoms with Crippen molar-refractivity contribution in [2.75, 3.05) is 18.4 Å². The third kappa shape index (κ3) is 3.22. The van der Waals surface area contributed by atoms with Crippen LogP contribution in [0.2, 0.25) is 0 Å². The number of aromatic nitrogens is 6. The number of amides is 1. The van der Waals surface area contributed by atoms with Crippen LogP contribution in [-0.2, 0) is 16.9 Å². The molecule has 1 aromatic carbocycles. The quantitative estimate of drug-likeness (QED) is 0.468. The van der Waals surface area contributed by atoms with Crippen molar-refractivity contribution in [2.45, 2.75) is 45.2 Å². The topological polar surface area (TPSA) is 102 Å². The molecule has 0 bridgehead atoms. The van der Waals surface area contributed by atoms with Crippen LogP contribution in [0.3, 0.4) is 0 Å². The Morgan fingerprint density at radius 3 is 2.50 bits per heavy atom. The van der Waals surface area contributed by atoms with Gasteiger partial charge in [-0.2, -0.15) is 0 Å². The molecule has 1 saturated heterocycles. The molecule has 0 spiro atoms. The zero-order valence-electron chi connectivity index (χ0n) is 20.0. The molecule has 1 N–H and O–H groups in total. The molecule has 11 heteroatoms. The van der Waals surface area contributed by atoms with E-state index >= 15 is 0 Å². The van der Waals surface area contributed by atoms with E-state index in [0.717, 1.165) is 11.1 Å². The molecule has 0 aliphatic carbocycles. The molecule has 0 saturated carbocycles. The van der Waals surface area contributed by atoms with Crippen LogP contribution >= 0.6 is 0 Å². The van der Waals surface area contributed by atoms with Crippen LogP contribution in [0, 0.1) is 6.92 Å². The van der Waals surface area contributed by atoms with Crippen molar-refractivity contribution in [3.05, 3.63) is 48.3 Å². The average molecular weight is 491 g/mol. The van der Waals surface area contributed by atoms with Crippen molar-refractivity contribution in [3.8, 4) is 22.6 Å².